The molecular formula is C22H39ClFN5O. The Kier molecular flexibility index (Phi) is 6.95. The van der Waals surface area contributed by atoms with E-state index in [0.717, 1.165) is 39.1 Å². The molecule has 8 heteroatoms. The van der Waals surface area contributed by atoms with Gasteiger partial charge < -0.3 is 15.1 Å². The van der Waals surface area contributed by atoms with Gasteiger partial charge in [-0.1, -0.05) is 6.92 Å². The molecule has 2 aliphatic heterocycles. The number of piperazine rings is 1. The van der Waals surface area contributed by atoms with Gasteiger partial charge in [0.25, 0.3) is 5.91 Å². The molecule has 2 N–H and O–H groups in total. The summed E-state index contributed by atoms with van der Waals surface area (Å²) >= 11 is 6.61. The highest BCUT2D eigenvalue weighted by Crippen LogP contribution is 2.41. The van der Waals surface area contributed by atoms with E-state index in [2.05, 4.69) is 34.4 Å². The fourth-order valence-corrected chi connectivity index (χ4v) is 5.79. The van der Waals surface area contributed by atoms with Crippen molar-refractivity contribution in [1.82, 2.24) is 25.3 Å². The Hall–Kier alpha value is -0.470. The summed E-state index contributed by atoms with van der Waals surface area (Å²) in [6.07, 6.45) is 4.60. The van der Waals surface area contributed by atoms with Gasteiger partial charge >= 0.3 is 0 Å². The van der Waals surface area contributed by atoms with Crippen LogP contribution < -0.4 is 10.6 Å². The number of alkyl halides is 2. The van der Waals surface area contributed by atoms with Crippen LogP contribution in [-0.4, -0.2) is 97.3 Å². The summed E-state index contributed by atoms with van der Waals surface area (Å²) in [5, 5.41) is 7.86. The first kappa shape index (κ1) is 22.7. The molecule has 6 atom stereocenters. The van der Waals surface area contributed by atoms with Crippen LogP contribution in [0.15, 0.2) is 0 Å². The number of nitrogens with one attached hydrogen (secondary N) is 2. The van der Waals surface area contributed by atoms with Gasteiger partial charge in [-0.15, -0.1) is 11.6 Å². The first-order valence-corrected chi connectivity index (χ1v) is 12.2. The molecule has 0 aromatic carbocycles. The molecule has 4 aliphatic rings. The third kappa shape index (κ3) is 4.96. The molecule has 0 radical (unpaired) electrons. The number of carbonyl (C=O) groups excluding carboxylic acids is 1. The third-order valence-electron chi connectivity index (χ3n) is 7.86. The summed E-state index contributed by atoms with van der Waals surface area (Å²) in [4.78, 5) is 19.0. The molecule has 2 aliphatic carbocycles. The lowest BCUT2D eigenvalue weighted by atomic mass is 9.80. The Labute approximate surface area is 185 Å². The minimum Gasteiger partial charge on any atom is -0.343 e. The van der Waals surface area contributed by atoms with Crippen molar-refractivity contribution < 1.29 is 9.18 Å². The topological polar surface area (TPSA) is 50.9 Å². The van der Waals surface area contributed by atoms with E-state index in [0.29, 0.717) is 31.2 Å². The number of amides is 1. The van der Waals surface area contributed by atoms with Crippen LogP contribution in [0.2, 0.25) is 0 Å². The van der Waals surface area contributed by atoms with Crippen LogP contribution in [0.3, 0.4) is 0 Å². The summed E-state index contributed by atoms with van der Waals surface area (Å²) in [6, 6.07) is 0. The fourth-order valence-electron chi connectivity index (χ4n) is 5.44. The van der Waals surface area contributed by atoms with Gasteiger partial charge in [0.15, 0.2) is 5.67 Å². The van der Waals surface area contributed by atoms with Gasteiger partial charge in [0.1, 0.15) is 0 Å². The molecule has 0 aromatic rings. The highest BCUT2D eigenvalue weighted by molar-refractivity contribution is 6.20. The maximum Gasteiger partial charge on any atom is 0.260 e. The van der Waals surface area contributed by atoms with Crippen LogP contribution in [0.25, 0.3) is 0 Å². The molecule has 0 aromatic heterocycles. The number of rotatable bonds is 5. The second kappa shape index (κ2) is 9.18. The van der Waals surface area contributed by atoms with Crippen LogP contribution in [0.4, 0.5) is 4.39 Å². The summed E-state index contributed by atoms with van der Waals surface area (Å²) < 4.78 is 14.3. The first-order valence-electron chi connectivity index (χ1n) is 11.8. The zero-order chi connectivity index (χ0) is 21.5. The van der Waals surface area contributed by atoms with E-state index in [9.17, 15) is 9.18 Å². The second-order valence-electron chi connectivity index (χ2n) is 10.3. The predicted octanol–water partition coefficient (Wildman–Crippen LogP) is 1.70. The summed E-state index contributed by atoms with van der Waals surface area (Å²) in [5.41, 5.74) is -1.59. The van der Waals surface area contributed by atoms with Crippen molar-refractivity contribution in [2.24, 2.45) is 17.8 Å². The zero-order valence-electron chi connectivity index (χ0n) is 18.7. The highest BCUT2D eigenvalue weighted by Gasteiger charge is 2.52. The maximum absolute atomic E-state index is 14.3. The number of hydrogen-bond acceptors (Lipinski definition) is 5. The summed E-state index contributed by atoms with van der Waals surface area (Å²) in [6.45, 7) is 7.80. The van der Waals surface area contributed by atoms with Crippen molar-refractivity contribution in [2.75, 3.05) is 53.4 Å². The van der Waals surface area contributed by atoms with Gasteiger partial charge in [0, 0.05) is 57.6 Å². The van der Waals surface area contributed by atoms with E-state index in [1.165, 1.54) is 12.8 Å². The Balaban J connectivity index is 1.42. The average molecular weight is 444 g/mol. The predicted molar refractivity (Wildman–Crippen MR) is 118 cm³/mol. The molecule has 30 heavy (non-hydrogen) atoms. The molecule has 0 spiro atoms. The standard InChI is InChI=1S/C22H39ClFN5O/c1-15-4-5-16(12-18(15)23)19-25-13-17(14-28(3)21(30)22(24)6-7-22)20(26-19)29-10-8-27(2)9-11-29/h15-20,25-26H,4-14H2,1-3H3. The lowest BCUT2D eigenvalue weighted by Gasteiger charge is -2.49. The number of nitrogens with zero attached hydrogens (tertiary/aromatic N) is 3. The Bertz CT molecular complexity index is 612. The first-order chi connectivity index (χ1) is 14.3. The normalized spacial score (nSPS) is 40.2. The van der Waals surface area contributed by atoms with Crippen molar-refractivity contribution in [2.45, 2.75) is 62.4 Å². The summed E-state index contributed by atoms with van der Waals surface area (Å²) in [7, 11) is 3.93. The van der Waals surface area contributed by atoms with Crippen molar-refractivity contribution in [3.8, 4) is 0 Å². The van der Waals surface area contributed by atoms with E-state index in [4.69, 9.17) is 11.6 Å². The molecule has 0 bridgehead atoms. The van der Waals surface area contributed by atoms with E-state index < -0.39 is 5.67 Å². The number of hydrogen-bond donors (Lipinski definition) is 2. The molecule has 2 heterocycles. The van der Waals surface area contributed by atoms with E-state index >= 15 is 0 Å². The van der Waals surface area contributed by atoms with Crippen molar-refractivity contribution >= 4 is 17.5 Å². The van der Waals surface area contributed by atoms with Crippen LogP contribution in [0, 0.1) is 17.8 Å². The molecule has 2 saturated carbocycles. The van der Waals surface area contributed by atoms with Crippen molar-refractivity contribution in [3.63, 3.8) is 0 Å². The molecule has 4 rings (SSSR count). The Morgan fingerprint density at radius 3 is 2.57 bits per heavy atom. The lowest BCUT2D eigenvalue weighted by Crippen LogP contribution is -2.69. The van der Waals surface area contributed by atoms with Gasteiger partial charge in [0.2, 0.25) is 0 Å². The van der Waals surface area contributed by atoms with Gasteiger partial charge in [-0.25, -0.2) is 4.39 Å². The molecule has 172 valence electrons. The van der Waals surface area contributed by atoms with Gasteiger partial charge in [-0.2, -0.15) is 0 Å². The molecular weight excluding hydrogens is 405 g/mol. The Morgan fingerprint density at radius 1 is 1.23 bits per heavy atom. The van der Waals surface area contributed by atoms with Gasteiger partial charge in [0.05, 0.1) is 12.3 Å². The highest BCUT2D eigenvalue weighted by atomic mass is 35.5. The van der Waals surface area contributed by atoms with Crippen LogP contribution >= 0.6 is 11.6 Å². The second-order valence-corrected chi connectivity index (χ2v) is 10.9. The van der Waals surface area contributed by atoms with Crippen LogP contribution in [0.5, 0.6) is 0 Å². The molecule has 1 amide bonds. The van der Waals surface area contributed by atoms with E-state index in [1.54, 1.807) is 11.9 Å². The Morgan fingerprint density at radius 2 is 1.93 bits per heavy atom. The number of halogens is 2. The van der Waals surface area contributed by atoms with Crippen LogP contribution in [0.1, 0.15) is 39.0 Å². The van der Waals surface area contributed by atoms with E-state index in [-0.39, 0.29) is 29.5 Å². The van der Waals surface area contributed by atoms with Gasteiger partial charge in [-0.3, -0.25) is 15.0 Å². The molecule has 2 saturated heterocycles. The molecule has 6 nitrogen and oxygen atoms in total. The van der Waals surface area contributed by atoms with E-state index in [1.807, 2.05) is 0 Å². The average Bonchev–Trinajstić information content (AvgIpc) is 3.49. The quantitative estimate of drug-likeness (QED) is 0.633. The zero-order valence-corrected chi connectivity index (χ0v) is 19.5. The van der Waals surface area contributed by atoms with Crippen molar-refractivity contribution in [1.29, 1.82) is 0 Å². The largest absolute Gasteiger partial charge is 0.343 e. The number of carbonyl (C=O) groups is 1. The third-order valence-corrected chi connectivity index (χ3v) is 8.47. The lowest BCUT2D eigenvalue weighted by molar-refractivity contribution is -0.138. The monoisotopic (exact) mass is 443 g/mol. The SMILES string of the molecule is CC1CCC(C2NCC(CN(C)C(=O)C3(F)CC3)C(N3CCN(C)CC3)N2)CC1Cl. The fraction of sp³-hybridized carbons (Fsp3) is 0.955. The smallest absolute Gasteiger partial charge is 0.260 e. The molecule has 6 unspecified atom stereocenters. The minimum absolute atomic E-state index is 0.197. The number of likely N-dealkylation sites (N-methyl/N-ethyl adjacent to an activating group) is 1. The van der Waals surface area contributed by atoms with Crippen LogP contribution in [-0.2, 0) is 4.79 Å². The summed E-state index contributed by atoms with van der Waals surface area (Å²) in [5.74, 6) is 1.01. The molecule has 4 fully saturated rings. The minimum atomic E-state index is -1.59. The maximum atomic E-state index is 14.3. The van der Waals surface area contributed by atoms with Gasteiger partial charge in [-0.05, 0) is 51.0 Å². The van der Waals surface area contributed by atoms with Crippen molar-refractivity contribution in [3.05, 3.63) is 0 Å².